The molecular weight excluding hydrogens is 614 g/mol. The number of nitrogens with zero attached hydrogens (tertiary/aromatic N) is 6. The van der Waals surface area contributed by atoms with Crippen LogP contribution in [0, 0.1) is 5.92 Å². The molecule has 5 aromatic rings. The second-order valence-corrected chi connectivity index (χ2v) is 12.7. The SMILES string of the molecule is CCOC(=O)[C@@H]1C[C@H]1c1cc(Nc2nc3c(c(=O)n(Cc4cc5c(Cl)cccc5n4C(=O)OC(C)(C)C)c(=O)n3C)n2C)ccn1. The van der Waals surface area contributed by atoms with Crippen molar-refractivity contribution in [1.29, 1.82) is 0 Å². The molecule has 0 radical (unpaired) electrons. The molecule has 0 unspecified atom stereocenters. The Morgan fingerprint density at radius 2 is 1.87 bits per heavy atom. The average Bonchev–Trinajstić information content (AvgIpc) is 3.61. The zero-order chi connectivity index (χ0) is 33.1. The Bertz CT molecular complexity index is 2150. The molecule has 46 heavy (non-hydrogen) atoms. The number of carbonyl (C=O) groups excluding carboxylic acids is 2. The number of imidazole rings is 1. The number of aromatic nitrogens is 6. The van der Waals surface area contributed by atoms with Gasteiger partial charge in [-0.05, 0) is 64.4 Å². The second-order valence-electron chi connectivity index (χ2n) is 12.3. The molecule has 0 saturated heterocycles. The van der Waals surface area contributed by atoms with Crippen LogP contribution >= 0.6 is 11.6 Å². The Kier molecular flexibility index (Phi) is 7.75. The van der Waals surface area contributed by atoms with E-state index in [2.05, 4.69) is 15.3 Å². The molecular formula is C32H34ClN7O6. The fourth-order valence-electron chi connectivity index (χ4n) is 5.64. The van der Waals surface area contributed by atoms with Crippen molar-refractivity contribution in [2.45, 2.75) is 52.2 Å². The van der Waals surface area contributed by atoms with Crippen LogP contribution in [0.2, 0.25) is 5.02 Å². The molecule has 1 fully saturated rings. The number of nitrogens with one attached hydrogen (secondary N) is 1. The van der Waals surface area contributed by atoms with Crippen molar-refractivity contribution < 1.29 is 19.1 Å². The first kappa shape index (κ1) is 31.1. The molecule has 2 atom stereocenters. The van der Waals surface area contributed by atoms with Crippen LogP contribution in [0.15, 0.2) is 52.2 Å². The number of hydrogen-bond acceptors (Lipinski definition) is 9. The van der Waals surface area contributed by atoms with Gasteiger partial charge in [-0.3, -0.25) is 23.7 Å². The molecule has 0 bridgehead atoms. The first-order valence-electron chi connectivity index (χ1n) is 14.9. The summed E-state index contributed by atoms with van der Waals surface area (Å²) in [6.07, 6.45) is 1.65. The lowest BCUT2D eigenvalue weighted by molar-refractivity contribution is -0.144. The number of rotatable bonds is 7. The van der Waals surface area contributed by atoms with Gasteiger partial charge in [0.05, 0.1) is 30.3 Å². The van der Waals surface area contributed by atoms with Gasteiger partial charge >= 0.3 is 17.8 Å². The summed E-state index contributed by atoms with van der Waals surface area (Å²) >= 11 is 6.46. The first-order chi connectivity index (χ1) is 21.8. The number of esters is 1. The van der Waals surface area contributed by atoms with Crippen LogP contribution in [0.4, 0.5) is 16.4 Å². The highest BCUT2D eigenvalue weighted by molar-refractivity contribution is 6.35. The highest BCUT2D eigenvalue weighted by Crippen LogP contribution is 2.47. The number of fused-ring (bicyclic) bond motifs is 2. The second kappa shape index (κ2) is 11.5. The predicted octanol–water partition coefficient (Wildman–Crippen LogP) is 4.68. The molecule has 240 valence electrons. The van der Waals surface area contributed by atoms with E-state index in [4.69, 9.17) is 21.1 Å². The van der Waals surface area contributed by atoms with Crippen LogP contribution in [0.25, 0.3) is 22.1 Å². The van der Waals surface area contributed by atoms with Gasteiger partial charge in [-0.2, -0.15) is 4.98 Å². The highest BCUT2D eigenvalue weighted by Gasteiger charge is 2.46. The van der Waals surface area contributed by atoms with Gasteiger partial charge in [0.25, 0.3) is 5.56 Å². The molecule has 6 rings (SSSR count). The van der Waals surface area contributed by atoms with Crippen LogP contribution in [-0.2, 0) is 34.9 Å². The van der Waals surface area contributed by atoms with E-state index in [-0.39, 0.29) is 35.5 Å². The van der Waals surface area contributed by atoms with Gasteiger partial charge in [-0.1, -0.05) is 17.7 Å². The summed E-state index contributed by atoms with van der Waals surface area (Å²) in [6.45, 7) is 7.14. The van der Waals surface area contributed by atoms with E-state index < -0.39 is 22.9 Å². The molecule has 1 aliphatic rings. The number of aryl methyl sites for hydroxylation is 2. The fourth-order valence-corrected chi connectivity index (χ4v) is 5.86. The molecule has 13 nitrogen and oxygen atoms in total. The monoisotopic (exact) mass is 647 g/mol. The number of pyridine rings is 1. The smallest absolute Gasteiger partial charge is 0.419 e. The molecule has 0 spiro atoms. The van der Waals surface area contributed by atoms with E-state index >= 15 is 0 Å². The number of benzene rings is 1. The molecule has 0 amide bonds. The van der Waals surface area contributed by atoms with Gasteiger partial charge in [0.15, 0.2) is 11.2 Å². The van der Waals surface area contributed by atoms with Crippen LogP contribution < -0.4 is 16.6 Å². The first-order valence-corrected chi connectivity index (χ1v) is 15.2. The summed E-state index contributed by atoms with van der Waals surface area (Å²) < 4.78 is 16.1. The van der Waals surface area contributed by atoms with E-state index in [1.165, 1.54) is 16.2 Å². The summed E-state index contributed by atoms with van der Waals surface area (Å²) in [6, 6.07) is 10.4. The summed E-state index contributed by atoms with van der Waals surface area (Å²) in [7, 11) is 3.20. The fraction of sp³-hybridized carbons (Fsp3) is 0.375. The summed E-state index contributed by atoms with van der Waals surface area (Å²) in [5, 5.41) is 4.22. The van der Waals surface area contributed by atoms with Gasteiger partial charge in [-0.25, -0.2) is 14.2 Å². The summed E-state index contributed by atoms with van der Waals surface area (Å²) in [5.41, 5.74) is 0.627. The maximum atomic E-state index is 13.9. The largest absolute Gasteiger partial charge is 0.466 e. The topological polar surface area (TPSA) is 144 Å². The minimum absolute atomic E-state index is 0.0274. The number of ether oxygens (including phenoxy) is 2. The standard InChI is InChI=1S/C32H34ClN7O6/c1-7-45-28(42)20-15-19(20)23-13-17(11-12-34-23)35-29-36-26-25(37(29)5)27(41)39(30(43)38(26)6)16-18-14-21-22(33)9-8-10-24(21)40(18)31(44)46-32(2,3)4/h8-14,19-20H,7,15-16H2,1-6H3,(H,34,35,36)/t19-,20-/m1/s1. The third-order valence-electron chi connectivity index (χ3n) is 7.92. The van der Waals surface area contributed by atoms with Crippen molar-refractivity contribution in [3.63, 3.8) is 0 Å². The number of anilines is 2. The van der Waals surface area contributed by atoms with Crippen LogP contribution in [0.1, 0.15) is 51.4 Å². The lowest BCUT2D eigenvalue weighted by Crippen LogP contribution is -2.40. The van der Waals surface area contributed by atoms with Gasteiger partial charge in [-0.15, -0.1) is 0 Å². The summed E-state index contributed by atoms with van der Waals surface area (Å²) in [5.74, 6) is -0.143. The van der Waals surface area contributed by atoms with Gasteiger partial charge in [0.1, 0.15) is 5.60 Å². The van der Waals surface area contributed by atoms with Gasteiger partial charge in [0, 0.05) is 48.0 Å². The third-order valence-corrected chi connectivity index (χ3v) is 8.25. The maximum Gasteiger partial charge on any atom is 0.419 e. The van der Waals surface area contributed by atoms with Crippen molar-refractivity contribution in [3.05, 3.63) is 79.8 Å². The van der Waals surface area contributed by atoms with Crippen molar-refractivity contribution in [2.75, 3.05) is 11.9 Å². The van der Waals surface area contributed by atoms with E-state index in [0.29, 0.717) is 46.3 Å². The number of carbonyl (C=O) groups is 2. The zero-order valence-electron chi connectivity index (χ0n) is 26.3. The Morgan fingerprint density at radius 1 is 1.11 bits per heavy atom. The normalized spacial score (nSPS) is 16.2. The van der Waals surface area contributed by atoms with Crippen molar-refractivity contribution >= 4 is 57.4 Å². The molecule has 1 N–H and O–H groups in total. The lowest BCUT2D eigenvalue weighted by atomic mass is 10.2. The minimum Gasteiger partial charge on any atom is -0.466 e. The Hall–Kier alpha value is -4.91. The van der Waals surface area contributed by atoms with Crippen molar-refractivity contribution in [3.8, 4) is 0 Å². The number of hydrogen-bond donors (Lipinski definition) is 1. The number of halogens is 1. The van der Waals surface area contributed by atoms with E-state index in [1.54, 1.807) is 75.8 Å². The van der Waals surface area contributed by atoms with Crippen molar-refractivity contribution in [1.82, 2.24) is 28.2 Å². The van der Waals surface area contributed by atoms with E-state index in [1.807, 2.05) is 6.07 Å². The van der Waals surface area contributed by atoms with Crippen LogP contribution in [0.3, 0.4) is 0 Å². The van der Waals surface area contributed by atoms with Gasteiger partial charge < -0.3 is 19.4 Å². The molecule has 14 heteroatoms. The molecule has 1 aliphatic carbocycles. The summed E-state index contributed by atoms with van der Waals surface area (Å²) in [4.78, 5) is 62.1. The van der Waals surface area contributed by atoms with Crippen LogP contribution in [0.5, 0.6) is 0 Å². The minimum atomic E-state index is -0.787. The predicted molar refractivity (Wildman–Crippen MR) is 173 cm³/mol. The van der Waals surface area contributed by atoms with Crippen LogP contribution in [-0.4, -0.2) is 52.5 Å². The zero-order valence-corrected chi connectivity index (χ0v) is 27.1. The molecule has 4 heterocycles. The van der Waals surface area contributed by atoms with Gasteiger partial charge in [0.2, 0.25) is 5.95 Å². The Morgan fingerprint density at radius 3 is 2.59 bits per heavy atom. The maximum absolute atomic E-state index is 13.9. The lowest BCUT2D eigenvalue weighted by Gasteiger charge is -2.21. The Balaban J connectivity index is 1.37. The highest BCUT2D eigenvalue weighted by atomic mass is 35.5. The Labute approximate surface area is 268 Å². The average molecular weight is 648 g/mol. The van der Waals surface area contributed by atoms with E-state index in [0.717, 1.165) is 10.3 Å². The molecule has 1 aromatic carbocycles. The third kappa shape index (κ3) is 5.55. The molecule has 4 aromatic heterocycles. The van der Waals surface area contributed by atoms with E-state index in [9.17, 15) is 19.2 Å². The molecule has 1 saturated carbocycles. The van der Waals surface area contributed by atoms with Crippen molar-refractivity contribution in [2.24, 2.45) is 20.0 Å². The molecule has 0 aliphatic heterocycles. The quantitative estimate of drug-likeness (QED) is 0.249.